The van der Waals surface area contributed by atoms with Gasteiger partial charge in [-0.05, 0) is 20.3 Å². The molecule has 12 heavy (non-hydrogen) atoms. The summed E-state index contributed by atoms with van der Waals surface area (Å²) in [4.78, 5) is 0. The summed E-state index contributed by atoms with van der Waals surface area (Å²) in [5.74, 6) is 0.772. The number of aromatic nitrogens is 2. The van der Waals surface area contributed by atoms with Crippen LogP contribution in [-0.4, -0.2) is 9.78 Å². The van der Waals surface area contributed by atoms with Crippen LogP contribution in [0.5, 0.6) is 0 Å². The van der Waals surface area contributed by atoms with Crippen molar-refractivity contribution in [2.45, 2.75) is 39.7 Å². The van der Waals surface area contributed by atoms with E-state index in [1.165, 1.54) is 6.42 Å². The summed E-state index contributed by atoms with van der Waals surface area (Å²) < 4.78 is 1.90. The third-order valence-corrected chi connectivity index (χ3v) is 2.01. The molecular formula is C9H17N3. The van der Waals surface area contributed by atoms with Crippen LogP contribution in [0.2, 0.25) is 0 Å². The first-order valence-corrected chi connectivity index (χ1v) is 4.46. The number of nitrogens with two attached hydrogens (primary N) is 1. The molecule has 0 spiro atoms. The Morgan fingerprint density at radius 1 is 1.67 bits per heavy atom. The van der Waals surface area contributed by atoms with Crippen molar-refractivity contribution in [2.75, 3.05) is 5.73 Å². The van der Waals surface area contributed by atoms with E-state index in [-0.39, 0.29) is 0 Å². The smallest absolute Gasteiger partial charge is 0.122 e. The molecule has 0 aliphatic heterocycles. The molecule has 1 unspecified atom stereocenters. The Morgan fingerprint density at radius 3 is 2.75 bits per heavy atom. The van der Waals surface area contributed by atoms with Gasteiger partial charge in [-0.2, -0.15) is 5.10 Å². The van der Waals surface area contributed by atoms with Crippen molar-refractivity contribution in [3.8, 4) is 0 Å². The highest BCUT2D eigenvalue weighted by molar-refractivity contribution is 5.30. The first kappa shape index (κ1) is 9.10. The Labute approximate surface area is 73.6 Å². The first-order chi connectivity index (χ1) is 5.65. The van der Waals surface area contributed by atoms with Crippen LogP contribution in [-0.2, 0) is 0 Å². The summed E-state index contributed by atoms with van der Waals surface area (Å²) in [6.45, 7) is 6.28. The fourth-order valence-corrected chi connectivity index (χ4v) is 1.43. The summed E-state index contributed by atoms with van der Waals surface area (Å²) in [5, 5.41) is 4.32. The zero-order valence-electron chi connectivity index (χ0n) is 8.04. The fourth-order valence-electron chi connectivity index (χ4n) is 1.43. The topological polar surface area (TPSA) is 43.8 Å². The van der Waals surface area contributed by atoms with Crippen LogP contribution in [0.3, 0.4) is 0 Å². The molecule has 1 rings (SSSR count). The van der Waals surface area contributed by atoms with Gasteiger partial charge in [-0.1, -0.05) is 13.3 Å². The Morgan fingerprint density at radius 2 is 2.33 bits per heavy atom. The number of nitrogen functional groups attached to an aromatic ring is 1. The number of anilines is 1. The van der Waals surface area contributed by atoms with E-state index in [9.17, 15) is 0 Å². The molecule has 0 saturated heterocycles. The molecule has 1 heterocycles. The highest BCUT2D eigenvalue weighted by Crippen LogP contribution is 2.17. The second kappa shape index (κ2) is 3.61. The van der Waals surface area contributed by atoms with Crippen molar-refractivity contribution >= 4 is 5.82 Å². The third kappa shape index (κ3) is 1.78. The van der Waals surface area contributed by atoms with E-state index in [0.717, 1.165) is 17.9 Å². The predicted molar refractivity (Wildman–Crippen MR) is 51.0 cm³/mol. The molecule has 1 atom stereocenters. The minimum absolute atomic E-state index is 0.420. The van der Waals surface area contributed by atoms with Gasteiger partial charge >= 0.3 is 0 Å². The molecule has 1 aromatic rings. The fraction of sp³-hybridized carbons (Fsp3) is 0.667. The zero-order chi connectivity index (χ0) is 9.14. The molecule has 3 heteroatoms. The van der Waals surface area contributed by atoms with Crippen LogP contribution >= 0.6 is 0 Å². The monoisotopic (exact) mass is 167 g/mol. The number of hydrogen-bond donors (Lipinski definition) is 1. The van der Waals surface area contributed by atoms with E-state index in [0.29, 0.717) is 6.04 Å². The molecule has 2 N–H and O–H groups in total. The van der Waals surface area contributed by atoms with Gasteiger partial charge in [0.2, 0.25) is 0 Å². The highest BCUT2D eigenvalue weighted by Gasteiger charge is 2.07. The van der Waals surface area contributed by atoms with Crippen LogP contribution < -0.4 is 5.73 Å². The second-order valence-electron chi connectivity index (χ2n) is 3.29. The van der Waals surface area contributed by atoms with Crippen molar-refractivity contribution in [3.63, 3.8) is 0 Å². The van der Waals surface area contributed by atoms with Gasteiger partial charge < -0.3 is 5.73 Å². The Bertz CT molecular complexity index is 252. The largest absolute Gasteiger partial charge is 0.384 e. The van der Waals surface area contributed by atoms with Crippen LogP contribution in [0.15, 0.2) is 6.07 Å². The molecule has 0 saturated carbocycles. The van der Waals surface area contributed by atoms with E-state index in [2.05, 4.69) is 18.9 Å². The maximum atomic E-state index is 5.77. The molecule has 0 aromatic carbocycles. The molecule has 1 aromatic heterocycles. The average molecular weight is 167 g/mol. The van der Waals surface area contributed by atoms with Gasteiger partial charge in [0.15, 0.2) is 0 Å². The Balaban J connectivity index is 2.79. The maximum absolute atomic E-state index is 5.77. The molecule has 3 nitrogen and oxygen atoms in total. The van der Waals surface area contributed by atoms with Crippen LogP contribution in [0.25, 0.3) is 0 Å². The number of nitrogens with zero attached hydrogens (tertiary/aromatic N) is 2. The van der Waals surface area contributed by atoms with E-state index in [1.807, 2.05) is 17.7 Å². The van der Waals surface area contributed by atoms with E-state index in [4.69, 9.17) is 5.73 Å². The number of hydrogen-bond acceptors (Lipinski definition) is 2. The van der Waals surface area contributed by atoms with Crippen LogP contribution in [0, 0.1) is 6.92 Å². The van der Waals surface area contributed by atoms with E-state index in [1.54, 1.807) is 0 Å². The Hall–Kier alpha value is -0.990. The minimum atomic E-state index is 0.420. The SMILES string of the molecule is CCCC(C)n1nc(C)cc1N. The molecule has 68 valence electrons. The van der Waals surface area contributed by atoms with Crippen molar-refractivity contribution < 1.29 is 0 Å². The van der Waals surface area contributed by atoms with Crippen LogP contribution in [0.4, 0.5) is 5.82 Å². The minimum Gasteiger partial charge on any atom is -0.384 e. The van der Waals surface area contributed by atoms with Crippen molar-refractivity contribution in [1.29, 1.82) is 0 Å². The summed E-state index contributed by atoms with van der Waals surface area (Å²) in [5.41, 5.74) is 6.77. The molecule has 0 radical (unpaired) electrons. The average Bonchev–Trinajstić information content (AvgIpc) is 2.30. The van der Waals surface area contributed by atoms with Crippen LogP contribution in [0.1, 0.15) is 38.4 Å². The van der Waals surface area contributed by atoms with Crippen molar-refractivity contribution in [3.05, 3.63) is 11.8 Å². The third-order valence-electron chi connectivity index (χ3n) is 2.01. The number of aryl methyl sites for hydroxylation is 1. The molecule has 0 aliphatic rings. The van der Waals surface area contributed by atoms with Gasteiger partial charge in [-0.25, -0.2) is 4.68 Å². The summed E-state index contributed by atoms with van der Waals surface area (Å²) >= 11 is 0. The molecular weight excluding hydrogens is 150 g/mol. The van der Waals surface area contributed by atoms with Gasteiger partial charge in [0, 0.05) is 6.07 Å². The highest BCUT2D eigenvalue weighted by atomic mass is 15.3. The summed E-state index contributed by atoms with van der Waals surface area (Å²) in [6.07, 6.45) is 2.30. The lowest BCUT2D eigenvalue weighted by Gasteiger charge is -2.11. The van der Waals surface area contributed by atoms with Crippen molar-refractivity contribution in [1.82, 2.24) is 9.78 Å². The summed E-state index contributed by atoms with van der Waals surface area (Å²) in [6, 6.07) is 2.33. The van der Waals surface area contributed by atoms with Gasteiger partial charge in [0.25, 0.3) is 0 Å². The maximum Gasteiger partial charge on any atom is 0.122 e. The lowest BCUT2D eigenvalue weighted by Crippen LogP contribution is -2.09. The second-order valence-corrected chi connectivity index (χ2v) is 3.29. The van der Waals surface area contributed by atoms with Gasteiger partial charge in [-0.3, -0.25) is 0 Å². The van der Waals surface area contributed by atoms with E-state index >= 15 is 0 Å². The number of rotatable bonds is 3. The van der Waals surface area contributed by atoms with Gasteiger partial charge in [0.05, 0.1) is 11.7 Å². The lowest BCUT2D eigenvalue weighted by atomic mass is 10.2. The molecule has 0 aliphatic carbocycles. The molecule has 0 amide bonds. The van der Waals surface area contributed by atoms with Gasteiger partial charge in [0.1, 0.15) is 5.82 Å². The predicted octanol–water partition coefficient (Wildman–Crippen LogP) is 2.13. The zero-order valence-corrected chi connectivity index (χ0v) is 8.04. The Kier molecular flexibility index (Phi) is 2.74. The lowest BCUT2D eigenvalue weighted by molar-refractivity contribution is 0.459. The normalized spacial score (nSPS) is 13.2. The molecule has 0 bridgehead atoms. The molecule has 0 fully saturated rings. The van der Waals surface area contributed by atoms with E-state index < -0.39 is 0 Å². The van der Waals surface area contributed by atoms with Gasteiger partial charge in [-0.15, -0.1) is 0 Å². The summed E-state index contributed by atoms with van der Waals surface area (Å²) in [7, 11) is 0. The standard InChI is InChI=1S/C9H17N3/c1-4-5-8(3)12-9(10)6-7(2)11-12/h6,8H,4-5,10H2,1-3H3. The first-order valence-electron chi connectivity index (χ1n) is 4.46. The van der Waals surface area contributed by atoms with Crippen molar-refractivity contribution in [2.24, 2.45) is 0 Å². The quantitative estimate of drug-likeness (QED) is 0.749.